The first-order valence-corrected chi connectivity index (χ1v) is 6.73. The van der Waals surface area contributed by atoms with Crippen molar-refractivity contribution in [1.29, 1.82) is 0 Å². The van der Waals surface area contributed by atoms with E-state index in [1.54, 1.807) is 14.1 Å². The Morgan fingerprint density at radius 1 is 1.44 bits per heavy atom. The van der Waals surface area contributed by atoms with Gasteiger partial charge >= 0.3 is 6.09 Å². The Morgan fingerprint density at radius 2 is 2.00 bits per heavy atom. The number of hydrogen-bond acceptors (Lipinski definition) is 2. The second-order valence-corrected chi connectivity index (χ2v) is 6.59. The minimum atomic E-state index is -0.275. The third-order valence-corrected chi connectivity index (χ3v) is 3.98. The minimum absolute atomic E-state index is 0.125. The lowest BCUT2D eigenvalue weighted by Crippen LogP contribution is -2.41. The molecule has 0 aromatic heterocycles. The molecule has 104 valence electrons. The van der Waals surface area contributed by atoms with Crippen molar-refractivity contribution in [3.63, 3.8) is 0 Å². The third kappa shape index (κ3) is 3.06. The summed E-state index contributed by atoms with van der Waals surface area (Å²) in [5, 5.41) is 0. The summed E-state index contributed by atoms with van der Waals surface area (Å²) < 4.78 is 5.53. The van der Waals surface area contributed by atoms with Crippen molar-refractivity contribution in [2.45, 2.75) is 46.6 Å². The van der Waals surface area contributed by atoms with Crippen molar-refractivity contribution in [2.75, 3.05) is 14.1 Å². The summed E-state index contributed by atoms with van der Waals surface area (Å²) in [4.78, 5) is 13.1. The Kier molecular flexibility index (Phi) is 4.46. The van der Waals surface area contributed by atoms with Crippen LogP contribution in [0.2, 0.25) is 0 Å². The fraction of sp³-hybridized carbons (Fsp3) is 0.800. The molecule has 0 bridgehead atoms. The quantitative estimate of drug-likeness (QED) is 0.702. The summed E-state index contributed by atoms with van der Waals surface area (Å²) in [6.07, 6.45) is 1.55. The molecule has 1 rings (SSSR count). The predicted octanol–water partition coefficient (Wildman–Crippen LogP) is 3.70. The molecule has 1 fully saturated rings. The number of nitrogens with zero attached hydrogens (tertiary/aromatic N) is 1. The molecule has 18 heavy (non-hydrogen) atoms. The molecule has 0 N–H and O–H groups in total. The van der Waals surface area contributed by atoms with Crippen LogP contribution in [0.3, 0.4) is 0 Å². The van der Waals surface area contributed by atoms with E-state index in [1.807, 2.05) is 0 Å². The molecule has 1 aliphatic rings. The number of amides is 1. The van der Waals surface area contributed by atoms with Gasteiger partial charge in [-0.05, 0) is 35.7 Å². The summed E-state index contributed by atoms with van der Waals surface area (Å²) in [6, 6.07) is 0. The molecular formula is C15H27NO2. The van der Waals surface area contributed by atoms with Crippen LogP contribution >= 0.6 is 0 Å². The highest BCUT2D eigenvalue weighted by Crippen LogP contribution is 2.47. The number of rotatable bonds is 2. The SMILES string of the molecule is C=C1[C@@H](OC(=O)N(C)C)CCC(C)(C)[C@@H]1C(C)C. The van der Waals surface area contributed by atoms with E-state index >= 15 is 0 Å². The maximum atomic E-state index is 11.7. The first-order chi connectivity index (χ1) is 8.16. The van der Waals surface area contributed by atoms with E-state index in [4.69, 9.17) is 4.74 Å². The molecule has 0 spiro atoms. The van der Waals surface area contributed by atoms with Crippen LogP contribution in [-0.2, 0) is 4.74 Å². The second-order valence-electron chi connectivity index (χ2n) is 6.59. The second kappa shape index (κ2) is 5.33. The summed E-state index contributed by atoms with van der Waals surface area (Å²) in [5.41, 5.74) is 1.32. The monoisotopic (exact) mass is 253 g/mol. The molecule has 1 amide bonds. The van der Waals surface area contributed by atoms with Gasteiger partial charge in [-0.25, -0.2) is 4.79 Å². The van der Waals surface area contributed by atoms with Gasteiger partial charge in [-0.1, -0.05) is 34.3 Å². The number of carbonyl (C=O) groups is 1. The van der Waals surface area contributed by atoms with Gasteiger partial charge in [-0.3, -0.25) is 0 Å². The van der Waals surface area contributed by atoms with Crippen molar-refractivity contribution in [3.8, 4) is 0 Å². The zero-order valence-corrected chi connectivity index (χ0v) is 12.6. The van der Waals surface area contributed by atoms with Crippen molar-refractivity contribution >= 4 is 6.09 Å². The first-order valence-electron chi connectivity index (χ1n) is 6.73. The zero-order valence-electron chi connectivity index (χ0n) is 12.6. The maximum Gasteiger partial charge on any atom is 0.409 e. The van der Waals surface area contributed by atoms with Crippen molar-refractivity contribution in [1.82, 2.24) is 4.90 Å². The summed E-state index contributed by atoms with van der Waals surface area (Å²) in [7, 11) is 3.41. The third-order valence-electron chi connectivity index (χ3n) is 3.98. The van der Waals surface area contributed by atoms with E-state index in [0.717, 1.165) is 18.4 Å². The molecule has 0 saturated heterocycles. The van der Waals surface area contributed by atoms with Crippen LogP contribution in [0.25, 0.3) is 0 Å². The van der Waals surface area contributed by atoms with Crippen LogP contribution in [0.4, 0.5) is 4.79 Å². The average Bonchev–Trinajstić information content (AvgIpc) is 2.20. The number of hydrogen-bond donors (Lipinski definition) is 0. The highest BCUT2D eigenvalue weighted by molar-refractivity contribution is 5.67. The fourth-order valence-corrected chi connectivity index (χ4v) is 3.24. The van der Waals surface area contributed by atoms with Crippen LogP contribution in [0.1, 0.15) is 40.5 Å². The van der Waals surface area contributed by atoms with E-state index < -0.39 is 0 Å². The standard InChI is InChI=1S/C15H27NO2/c1-10(2)13-11(3)12(8-9-15(13,4)5)18-14(17)16(6)7/h10,12-13H,3,8-9H2,1-2,4-7H3/t12-,13+/m0/s1. The van der Waals surface area contributed by atoms with E-state index in [0.29, 0.717) is 11.8 Å². The molecule has 0 aliphatic heterocycles. The Hall–Kier alpha value is -0.990. The summed E-state index contributed by atoms with van der Waals surface area (Å²) >= 11 is 0. The first kappa shape index (κ1) is 15.1. The Balaban J connectivity index is 2.81. The molecule has 0 unspecified atom stereocenters. The molecular weight excluding hydrogens is 226 g/mol. The Morgan fingerprint density at radius 3 is 2.44 bits per heavy atom. The highest BCUT2D eigenvalue weighted by Gasteiger charge is 2.42. The lowest BCUT2D eigenvalue weighted by atomic mass is 9.62. The molecule has 0 heterocycles. The summed E-state index contributed by atoms with van der Waals surface area (Å²) in [6.45, 7) is 13.2. The zero-order chi connectivity index (χ0) is 14.1. The molecule has 1 saturated carbocycles. The lowest BCUT2D eigenvalue weighted by Gasteiger charge is -2.45. The van der Waals surface area contributed by atoms with Crippen molar-refractivity contribution in [3.05, 3.63) is 12.2 Å². The lowest BCUT2D eigenvalue weighted by molar-refractivity contribution is 0.0331. The number of ether oxygens (including phenoxy) is 1. The van der Waals surface area contributed by atoms with Crippen molar-refractivity contribution in [2.24, 2.45) is 17.3 Å². The van der Waals surface area contributed by atoms with Crippen LogP contribution in [0, 0.1) is 17.3 Å². The van der Waals surface area contributed by atoms with Gasteiger partial charge in [-0.15, -0.1) is 0 Å². The van der Waals surface area contributed by atoms with E-state index in [2.05, 4.69) is 34.3 Å². The predicted molar refractivity (Wildman–Crippen MR) is 74.4 cm³/mol. The maximum absolute atomic E-state index is 11.7. The molecule has 0 aromatic rings. The van der Waals surface area contributed by atoms with Crippen LogP contribution < -0.4 is 0 Å². The van der Waals surface area contributed by atoms with Gasteiger partial charge in [0.1, 0.15) is 6.10 Å². The largest absolute Gasteiger partial charge is 0.442 e. The van der Waals surface area contributed by atoms with E-state index in [9.17, 15) is 4.79 Å². The average molecular weight is 253 g/mol. The Bertz CT molecular complexity index is 331. The van der Waals surface area contributed by atoms with E-state index in [-0.39, 0.29) is 17.6 Å². The van der Waals surface area contributed by atoms with Gasteiger partial charge in [0.15, 0.2) is 0 Å². The molecule has 3 heteroatoms. The van der Waals surface area contributed by atoms with Gasteiger partial charge in [-0.2, -0.15) is 0 Å². The molecule has 3 nitrogen and oxygen atoms in total. The smallest absolute Gasteiger partial charge is 0.409 e. The van der Waals surface area contributed by atoms with Crippen LogP contribution in [0.5, 0.6) is 0 Å². The van der Waals surface area contributed by atoms with Crippen molar-refractivity contribution < 1.29 is 9.53 Å². The van der Waals surface area contributed by atoms with Gasteiger partial charge < -0.3 is 9.64 Å². The molecule has 0 aromatic carbocycles. The number of carbonyl (C=O) groups excluding carboxylic acids is 1. The highest BCUT2D eigenvalue weighted by atomic mass is 16.6. The topological polar surface area (TPSA) is 29.5 Å². The van der Waals surface area contributed by atoms with Gasteiger partial charge in [0.25, 0.3) is 0 Å². The fourth-order valence-electron chi connectivity index (χ4n) is 3.24. The molecule has 0 radical (unpaired) electrons. The Labute approximate surface area is 111 Å². The van der Waals surface area contributed by atoms with E-state index in [1.165, 1.54) is 4.90 Å². The molecule has 2 atom stereocenters. The normalized spacial score (nSPS) is 27.2. The van der Waals surface area contributed by atoms with Gasteiger partial charge in [0.2, 0.25) is 0 Å². The summed E-state index contributed by atoms with van der Waals surface area (Å²) in [5.74, 6) is 0.930. The minimum Gasteiger partial charge on any atom is -0.442 e. The van der Waals surface area contributed by atoms with Crippen LogP contribution in [-0.4, -0.2) is 31.2 Å². The van der Waals surface area contributed by atoms with Gasteiger partial charge in [0.05, 0.1) is 0 Å². The molecule has 1 aliphatic carbocycles. The van der Waals surface area contributed by atoms with Gasteiger partial charge in [0, 0.05) is 14.1 Å². The van der Waals surface area contributed by atoms with Crippen LogP contribution in [0.15, 0.2) is 12.2 Å².